The van der Waals surface area contributed by atoms with Gasteiger partial charge in [0.1, 0.15) is 6.10 Å². The average molecular weight is 144 g/mol. The van der Waals surface area contributed by atoms with Crippen LogP contribution in [0.15, 0.2) is 0 Å². The summed E-state index contributed by atoms with van der Waals surface area (Å²) in [5, 5.41) is 8.87. The third-order valence-corrected chi connectivity index (χ3v) is 1.40. The number of carbonyl (C=O) groups is 2. The van der Waals surface area contributed by atoms with E-state index in [0.29, 0.717) is 0 Å². The number of cyclic esters (lactones) is 1. The lowest BCUT2D eigenvalue weighted by molar-refractivity contribution is -0.167. The van der Waals surface area contributed by atoms with Crippen molar-refractivity contribution in [3.8, 4) is 0 Å². The third kappa shape index (κ3) is 1.16. The maximum absolute atomic E-state index is 10.7. The van der Waals surface area contributed by atoms with E-state index in [4.69, 9.17) is 5.11 Å². The molecule has 0 aromatic rings. The normalized spacial score (nSPS) is 33.8. The fourth-order valence-corrected chi connectivity index (χ4v) is 0.833. The second kappa shape index (κ2) is 2.38. The van der Waals surface area contributed by atoms with E-state index >= 15 is 0 Å². The van der Waals surface area contributed by atoms with Crippen LogP contribution in [0.3, 0.4) is 0 Å². The highest BCUT2D eigenvalue weighted by molar-refractivity contribution is 5.94. The fourth-order valence-electron chi connectivity index (χ4n) is 0.833. The highest BCUT2D eigenvalue weighted by Gasteiger charge is 2.32. The van der Waals surface area contributed by atoms with Crippen molar-refractivity contribution in [3.63, 3.8) is 0 Å². The van der Waals surface area contributed by atoms with E-state index in [0.717, 1.165) is 0 Å². The molecule has 0 amide bonds. The first kappa shape index (κ1) is 7.21. The van der Waals surface area contributed by atoms with Gasteiger partial charge in [0, 0.05) is 0 Å². The molecule has 0 saturated carbocycles. The minimum absolute atomic E-state index is 0.205. The maximum Gasteiger partial charge on any atom is 0.309 e. The van der Waals surface area contributed by atoms with Gasteiger partial charge < -0.3 is 9.84 Å². The summed E-state index contributed by atoms with van der Waals surface area (Å²) in [6.45, 7) is 1.45. The number of rotatable bonds is 0. The third-order valence-electron chi connectivity index (χ3n) is 1.40. The van der Waals surface area contributed by atoms with Gasteiger partial charge in [-0.1, -0.05) is 0 Å². The molecule has 1 saturated heterocycles. The highest BCUT2D eigenvalue weighted by Crippen LogP contribution is 2.10. The van der Waals surface area contributed by atoms with Crippen molar-refractivity contribution in [1.29, 1.82) is 0 Å². The number of Topliss-reactive ketones (excluding diaryl/α,β-unsaturated/α-hetero) is 1. The number of ketones is 1. The van der Waals surface area contributed by atoms with Crippen molar-refractivity contribution in [3.05, 3.63) is 0 Å². The Kier molecular flexibility index (Phi) is 1.72. The first-order chi connectivity index (χ1) is 4.61. The van der Waals surface area contributed by atoms with Crippen LogP contribution in [0, 0.1) is 0 Å². The van der Waals surface area contributed by atoms with E-state index in [9.17, 15) is 9.59 Å². The van der Waals surface area contributed by atoms with Gasteiger partial charge in [-0.2, -0.15) is 0 Å². The predicted molar refractivity (Wildman–Crippen MR) is 31.2 cm³/mol. The van der Waals surface area contributed by atoms with Crippen LogP contribution >= 0.6 is 0 Å². The molecule has 1 heterocycles. The molecule has 1 fully saturated rings. The Morgan fingerprint density at radius 3 is 2.70 bits per heavy atom. The molecule has 4 nitrogen and oxygen atoms in total. The Labute approximate surface area is 57.8 Å². The van der Waals surface area contributed by atoms with Crippen LogP contribution in [0.5, 0.6) is 0 Å². The summed E-state index contributed by atoms with van der Waals surface area (Å²) in [5.74, 6) is -0.931. The summed E-state index contributed by atoms with van der Waals surface area (Å²) in [6.07, 6.45) is -2.14. The number of carbonyl (C=O) groups excluding carboxylic acids is 2. The standard InChI is InChI=1S/C6H8O4/c1-3-6(9)4(7)2-5(8)10-3/h3-4,7H,2H2,1H3/t3-,4-/m0/s1. The zero-order chi connectivity index (χ0) is 7.72. The fraction of sp³-hybridized carbons (Fsp3) is 0.667. The minimum atomic E-state index is -1.16. The molecule has 1 N–H and O–H groups in total. The molecular formula is C6H8O4. The van der Waals surface area contributed by atoms with Crippen molar-refractivity contribution in [2.45, 2.75) is 25.6 Å². The average Bonchev–Trinajstić information content (AvgIpc) is 1.82. The summed E-state index contributed by atoms with van der Waals surface area (Å²) >= 11 is 0. The van der Waals surface area contributed by atoms with E-state index < -0.39 is 24.0 Å². The Morgan fingerprint density at radius 1 is 1.60 bits per heavy atom. The second-order valence-corrected chi connectivity index (χ2v) is 2.25. The van der Waals surface area contributed by atoms with Gasteiger partial charge in [-0.15, -0.1) is 0 Å². The Balaban J connectivity index is 2.66. The van der Waals surface area contributed by atoms with Gasteiger partial charge in [-0.25, -0.2) is 0 Å². The van der Waals surface area contributed by atoms with Crippen LogP contribution in [-0.2, 0) is 14.3 Å². The zero-order valence-electron chi connectivity index (χ0n) is 5.53. The summed E-state index contributed by atoms with van der Waals surface area (Å²) in [4.78, 5) is 21.2. The summed E-state index contributed by atoms with van der Waals surface area (Å²) in [6, 6.07) is 0. The van der Waals surface area contributed by atoms with Crippen LogP contribution in [0.1, 0.15) is 13.3 Å². The SMILES string of the molecule is C[C@@H]1OC(=O)C[C@H](O)C1=O. The molecule has 0 unspecified atom stereocenters. The van der Waals surface area contributed by atoms with E-state index in [-0.39, 0.29) is 6.42 Å². The molecule has 0 aromatic carbocycles. The summed E-state index contributed by atoms with van der Waals surface area (Å²) < 4.78 is 4.52. The number of aliphatic hydroxyl groups excluding tert-OH is 1. The van der Waals surface area contributed by atoms with Gasteiger partial charge in [-0.3, -0.25) is 9.59 Å². The molecule has 1 aliphatic rings. The Hall–Kier alpha value is -0.900. The molecule has 1 rings (SSSR count). The Bertz CT molecular complexity index is 159. The summed E-state index contributed by atoms with van der Waals surface area (Å²) in [7, 11) is 0. The van der Waals surface area contributed by atoms with Crippen LogP contribution in [0.4, 0.5) is 0 Å². The van der Waals surface area contributed by atoms with Crippen LogP contribution < -0.4 is 0 Å². The van der Waals surface area contributed by atoms with Crippen LogP contribution in [-0.4, -0.2) is 29.1 Å². The number of ether oxygens (including phenoxy) is 1. The van der Waals surface area contributed by atoms with E-state index in [1.54, 1.807) is 0 Å². The lowest BCUT2D eigenvalue weighted by Gasteiger charge is -2.20. The topological polar surface area (TPSA) is 63.6 Å². The monoisotopic (exact) mass is 144 g/mol. The minimum Gasteiger partial charge on any atom is -0.454 e. The molecule has 0 bridgehead atoms. The van der Waals surface area contributed by atoms with Crippen molar-refractivity contribution < 1.29 is 19.4 Å². The van der Waals surface area contributed by atoms with Gasteiger partial charge in [0.25, 0.3) is 0 Å². The molecule has 2 atom stereocenters. The summed E-state index contributed by atoms with van der Waals surface area (Å²) in [5.41, 5.74) is 0. The number of hydrogen-bond acceptors (Lipinski definition) is 4. The van der Waals surface area contributed by atoms with Gasteiger partial charge in [0.2, 0.25) is 5.78 Å². The van der Waals surface area contributed by atoms with Gasteiger partial charge >= 0.3 is 5.97 Å². The number of aliphatic hydroxyl groups is 1. The maximum atomic E-state index is 10.7. The van der Waals surface area contributed by atoms with Gasteiger partial charge in [0.05, 0.1) is 6.42 Å². The predicted octanol–water partition coefficient (Wildman–Crippen LogP) is -0.748. The quantitative estimate of drug-likeness (QED) is 0.454. The number of esters is 1. The molecule has 56 valence electrons. The van der Waals surface area contributed by atoms with Crippen LogP contribution in [0.25, 0.3) is 0 Å². The molecule has 0 spiro atoms. The molecule has 1 aliphatic heterocycles. The van der Waals surface area contributed by atoms with E-state index in [1.165, 1.54) is 6.92 Å². The lowest BCUT2D eigenvalue weighted by atomic mass is 10.1. The molecule has 4 heteroatoms. The first-order valence-corrected chi connectivity index (χ1v) is 3.02. The zero-order valence-corrected chi connectivity index (χ0v) is 5.53. The van der Waals surface area contributed by atoms with Crippen molar-refractivity contribution in [2.75, 3.05) is 0 Å². The van der Waals surface area contributed by atoms with Crippen molar-refractivity contribution in [2.24, 2.45) is 0 Å². The lowest BCUT2D eigenvalue weighted by Crippen LogP contribution is -2.40. The molecule has 0 radical (unpaired) electrons. The van der Waals surface area contributed by atoms with Gasteiger partial charge in [-0.05, 0) is 6.92 Å². The van der Waals surface area contributed by atoms with E-state index in [1.807, 2.05) is 0 Å². The molecule has 0 aliphatic carbocycles. The van der Waals surface area contributed by atoms with Gasteiger partial charge in [0.15, 0.2) is 6.10 Å². The molecular weight excluding hydrogens is 136 g/mol. The van der Waals surface area contributed by atoms with Crippen molar-refractivity contribution in [1.82, 2.24) is 0 Å². The first-order valence-electron chi connectivity index (χ1n) is 3.02. The Morgan fingerprint density at radius 2 is 2.20 bits per heavy atom. The van der Waals surface area contributed by atoms with Crippen LogP contribution in [0.2, 0.25) is 0 Å². The highest BCUT2D eigenvalue weighted by atomic mass is 16.6. The van der Waals surface area contributed by atoms with E-state index in [2.05, 4.69) is 4.74 Å². The molecule has 0 aromatic heterocycles. The smallest absolute Gasteiger partial charge is 0.309 e. The number of hydrogen-bond donors (Lipinski definition) is 1. The molecule has 10 heavy (non-hydrogen) atoms. The second-order valence-electron chi connectivity index (χ2n) is 2.25. The largest absolute Gasteiger partial charge is 0.454 e. The van der Waals surface area contributed by atoms with Crippen molar-refractivity contribution >= 4 is 11.8 Å².